The van der Waals surface area contributed by atoms with Crippen molar-refractivity contribution < 1.29 is 23.9 Å². The zero-order valence-electron chi connectivity index (χ0n) is 15.5. The second-order valence-electron chi connectivity index (χ2n) is 5.70. The normalized spacial score (nSPS) is 10.2. The van der Waals surface area contributed by atoms with E-state index >= 15 is 0 Å². The van der Waals surface area contributed by atoms with E-state index in [0.717, 1.165) is 24.2 Å². The standard InChI is InChI=1S/C19H22N2O5S/c1-4-5-10-26-14-7-6-13(11-15(14)25-3)18(23)20-21-19(24)17-9-8-16(27-17)12(2)22/h6-9,11H,4-5,10H2,1-3H3,(H,20,23)(H,21,24). The van der Waals surface area contributed by atoms with Gasteiger partial charge in [0.2, 0.25) is 0 Å². The van der Waals surface area contributed by atoms with E-state index in [1.807, 2.05) is 0 Å². The van der Waals surface area contributed by atoms with Gasteiger partial charge in [0.1, 0.15) is 0 Å². The van der Waals surface area contributed by atoms with E-state index in [4.69, 9.17) is 9.47 Å². The Kier molecular flexibility index (Phi) is 7.36. The van der Waals surface area contributed by atoms with Crippen molar-refractivity contribution in [2.24, 2.45) is 0 Å². The molecule has 0 unspecified atom stereocenters. The summed E-state index contributed by atoms with van der Waals surface area (Å²) in [4.78, 5) is 36.4. The number of thiophene rings is 1. The SMILES string of the molecule is CCCCOc1ccc(C(=O)NNC(=O)c2ccc(C(C)=O)s2)cc1OC. The topological polar surface area (TPSA) is 93.7 Å². The molecule has 8 heteroatoms. The highest BCUT2D eigenvalue weighted by atomic mass is 32.1. The van der Waals surface area contributed by atoms with Crippen LogP contribution in [0.25, 0.3) is 0 Å². The van der Waals surface area contributed by atoms with Crippen LogP contribution in [0, 0.1) is 0 Å². The number of nitrogens with one attached hydrogen (secondary N) is 2. The summed E-state index contributed by atoms with van der Waals surface area (Å²) in [7, 11) is 1.49. The fraction of sp³-hybridized carbons (Fsp3) is 0.316. The molecule has 0 aliphatic heterocycles. The Bertz CT molecular complexity index is 831. The van der Waals surface area contributed by atoms with Gasteiger partial charge in [-0.2, -0.15) is 0 Å². The molecule has 2 aromatic rings. The molecule has 0 spiro atoms. The van der Waals surface area contributed by atoms with Crippen molar-refractivity contribution in [2.75, 3.05) is 13.7 Å². The molecule has 7 nitrogen and oxygen atoms in total. The van der Waals surface area contributed by atoms with Gasteiger partial charge in [0.05, 0.1) is 23.5 Å². The smallest absolute Gasteiger partial charge is 0.279 e. The second kappa shape index (κ2) is 9.72. The average molecular weight is 390 g/mol. The van der Waals surface area contributed by atoms with Gasteiger partial charge in [-0.05, 0) is 43.7 Å². The van der Waals surface area contributed by atoms with Crippen LogP contribution >= 0.6 is 11.3 Å². The van der Waals surface area contributed by atoms with Gasteiger partial charge in [-0.3, -0.25) is 25.2 Å². The quantitative estimate of drug-likeness (QED) is 0.410. The zero-order valence-corrected chi connectivity index (χ0v) is 16.3. The van der Waals surface area contributed by atoms with Crippen molar-refractivity contribution in [1.82, 2.24) is 10.9 Å². The van der Waals surface area contributed by atoms with Crippen molar-refractivity contribution in [2.45, 2.75) is 26.7 Å². The molecule has 1 aromatic carbocycles. The van der Waals surface area contributed by atoms with Gasteiger partial charge in [-0.25, -0.2) is 0 Å². The minimum Gasteiger partial charge on any atom is -0.493 e. The number of carbonyl (C=O) groups excluding carboxylic acids is 3. The van der Waals surface area contributed by atoms with Gasteiger partial charge in [0.15, 0.2) is 17.3 Å². The number of hydrogen-bond donors (Lipinski definition) is 2. The fourth-order valence-electron chi connectivity index (χ4n) is 2.15. The summed E-state index contributed by atoms with van der Waals surface area (Å²) < 4.78 is 10.9. The number of hydrogen-bond acceptors (Lipinski definition) is 6. The average Bonchev–Trinajstić information content (AvgIpc) is 3.17. The van der Waals surface area contributed by atoms with Crippen molar-refractivity contribution in [3.05, 3.63) is 45.6 Å². The zero-order chi connectivity index (χ0) is 19.8. The Morgan fingerprint density at radius 3 is 2.33 bits per heavy atom. The Labute approximate surface area is 161 Å². The molecule has 0 atom stereocenters. The molecule has 0 saturated carbocycles. The number of unbranched alkanes of at least 4 members (excludes halogenated alkanes) is 1. The molecule has 1 heterocycles. The lowest BCUT2D eigenvalue weighted by molar-refractivity contribution is 0.0848. The predicted octanol–water partition coefficient (Wildman–Crippen LogP) is 3.21. The van der Waals surface area contributed by atoms with Crippen LogP contribution in [-0.2, 0) is 0 Å². The van der Waals surface area contributed by atoms with Gasteiger partial charge in [0, 0.05) is 5.56 Å². The minimum absolute atomic E-state index is 0.114. The number of ketones is 1. The predicted molar refractivity (Wildman–Crippen MR) is 103 cm³/mol. The molecular weight excluding hydrogens is 368 g/mol. The van der Waals surface area contributed by atoms with Crippen LogP contribution in [0.3, 0.4) is 0 Å². The molecule has 0 bridgehead atoms. The first-order valence-corrected chi connectivity index (χ1v) is 9.30. The van der Waals surface area contributed by atoms with Crippen LogP contribution in [0.5, 0.6) is 11.5 Å². The maximum atomic E-state index is 12.3. The Hall–Kier alpha value is -2.87. The van der Waals surface area contributed by atoms with E-state index in [9.17, 15) is 14.4 Å². The van der Waals surface area contributed by atoms with E-state index in [1.165, 1.54) is 20.1 Å². The van der Waals surface area contributed by atoms with E-state index in [1.54, 1.807) is 24.3 Å². The Morgan fingerprint density at radius 2 is 1.70 bits per heavy atom. The summed E-state index contributed by atoms with van der Waals surface area (Å²) in [5.74, 6) is -0.106. The van der Waals surface area contributed by atoms with Crippen molar-refractivity contribution in [3.63, 3.8) is 0 Å². The van der Waals surface area contributed by atoms with Crippen LogP contribution < -0.4 is 20.3 Å². The first kappa shape index (κ1) is 20.4. The molecule has 0 aliphatic carbocycles. The van der Waals surface area contributed by atoms with Crippen LogP contribution in [-0.4, -0.2) is 31.3 Å². The number of hydrazine groups is 1. The van der Waals surface area contributed by atoms with Gasteiger partial charge in [-0.1, -0.05) is 13.3 Å². The lowest BCUT2D eigenvalue weighted by atomic mass is 10.2. The number of Topliss-reactive ketones (excluding diaryl/α,β-unsaturated/α-hetero) is 1. The van der Waals surface area contributed by atoms with Gasteiger partial charge in [-0.15, -0.1) is 11.3 Å². The van der Waals surface area contributed by atoms with Gasteiger partial charge in [0.25, 0.3) is 11.8 Å². The van der Waals surface area contributed by atoms with Crippen LogP contribution in [0.15, 0.2) is 30.3 Å². The van der Waals surface area contributed by atoms with Crippen LogP contribution in [0.2, 0.25) is 0 Å². The van der Waals surface area contributed by atoms with Gasteiger partial charge >= 0.3 is 0 Å². The lowest BCUT2D eigenvalue weighted by Gasteiger charge is -2.12. The number of ether oxygens (including phenoxy) is 2. The van der Waals surface area contributed by atoms with Crippen molar-refractivity contribution in [3.8, 4) is 11.5 Å². The number of benzene rings is 1. The van der Waals surface area contributed by atoms with E-state index in [-0.39, 0.29) is 5.78 Å². The Balaban J connectivity index is 1.98. The van der Waals surface area contributed by atoms with Crippen LogP contribution in [0.4, 0.5) is 0 Å². The highest BCUT2D eigenvalue weighted by molar-refractivity contribution is 7.15. The molecule has 2 amide bonds. The molecule has 0 fully saturated rings. The van der Waals surface area contributed by atoms with Gasteiger partial charge < -0.3 is 9.47 Å². The lowest BCUT2D eigenvalue weighted by Crippen LogP contribution is -2.41. The third-order valence-electron chi connectivity index (χ3n) is 3.65. The summed E-state index contributed by atoms with van der Waals surface area (Å²) in [5.41, 5.74) is 4.99. The highest BCUT2D eigenvalue weighted by Crippen LogP contribution is 2.28. The number of methoxy groups -OCH3 is 1. The summed E-state index contributed by atoms with van der Waals surface area (Å²) in [6.45, 7) is 4.06. The minimum atomic E-state index is -0.495. The number of amides is 2. The Morgan fingerprint density at radius 1 is 1.00 bits per heavy atom. The maximum absolute atomic E-state index is 12.3. The summed E-state index contributed by atoms with van der Waals surface area (Å²) in [6.07, 6.45) is 1.94. The monoisotopic (exact) mass is 390 g/mol. The van der Waals surface area contributed by atoms with Crippen LogP contribution in [0.1, 0.15) is 56.4 Å². The molecule has 2 N–H and O–H groups in total. The molecule has 0 radical (unpaired) electrons. The number of carbonyl (C=O) groups is 3. The first-order valence-electron chi connectivity index (χ1n) is 8.48. The molecule has 2 rings (SSSR count). The summed E-state index contributed by atoms with van der Waals surface area (Å²) >= 11 is 1.06. The molecule has 27 heavy (non-hydrogen) atoms. The molecular formula is C19H22N2O5S. The largest absolute Gasteiger partial charge is 0.493 e. The third kappa shape index (κ3) is 5.55. The van der Waals surface area contributed by atoms with Crippen molar-refractivity contribution in [1.29, 1.82) is 0 Å². The molecule has 1 aromatic heterocycles. The van der Waals surface area contributed by atoms with Crippen molar-refractivity contribution >= 4 is 28.9 Å². The molecule has 0 saturated heterocycles. The molecule has 144 valence electrons. The molecule has 0 aliphatic rings. The van der Waals surface area contributed by atoms with E-state index < -0.39 is 11.8 Å². The van der Waals surface area contributed by atoms with E-state index in [0.29, 0.717) is 33.4 Å². The van der Waals surface area contributed by atoms with E-state index in [2.05, 4.69) is 17.8 Å². The summed E-state index contributed by atoms with van der Waals surface area (Å²) in [6, 6.07) is 7.90. The highest BCUT2D eigenvalue weighted by Gasteiger charge is 2.14. The third-order valence-corrected chi connectivity index (χ3v) is 4.83. The fourth-order valence-corrected chi connectivity index (χ4v) is 2.95. The first-order chi connectivity index (χ1) is 13.0. The maximum Gasteiger partial charge on any atom is 0.279 e. The number of rotatable bonds is 8. The second-order valence-corrected chi connectivity index (χ2v) is 6.78. The summed E-state index contributed by atoms with van der Waals surface area (Å²) in [5, 5.41) is 0.